The molecule has 0 radical (unpaired) electrons. The van der Waals surface area contributed by atoms with E-state index in [-0.39, 0.29) is 36.2 Å². The fourth-order valence-electron chi connectivity index (χ4n) is 7.64. The SMILES string of the molecule is CC/C=C/C/C=C/C/C=C/CCCCCCCCCCCCC(=O)OCC(COCCC(C(=O)O)[N+](C)(C)C)OC(=O)CCCCCCCCCCCCCCCCCCC. The Balaban J connectivity index is 4.22. The van der Waals surface area contributed by atoms with Gasteiger partial charge in [0.2, 0.25) is 0 Å². The van der Waals surface area contributed by atoms with Gasteiger partial charge in [0.1, 0.15) is 6.61 Å². The number of esters is 2. The lowest BCUT2D eigenvalue weighted by Gasteiger charge is -2.31. The van der Waals surface area contributed by atoms with Crippen LogP contribution in [0.5, 0.6) is 0 Å². The highest BCUT2D eigenvalue weighted by Gasteiger charge is 2.31. The summed E-state index contributed by atoms with van der Waals surface area (Å²) in [5, 5.41) is 9.65. The van der Waals surface area contributed by atoms with Crippen molar-refractivity contribution in [2.75, 3.05) is 41.0 Å². The zero-order valence-electron chi connectivity index (χ0n) is 40.6. The van der Waals surface area contributed by atoms with E-state index in [4.69, 9.17) is 14.2 Å². The van der Waals surface area contributed by atoms with E-state index in [2.05, 4.69) is 50.3 Å². The summed E-state index contributed by atoms with van der Waals surface area (Å²) < 4.78 is 17.4. The molecular formula is C53H98NO7+. The van der Waals surface area contributed by atoms with Gasteiger partial charge in [-0.1, -0.05) is 204 Å². The van der Waals surface area contributed by atoms with Crippen molar-refractivity contribution in [3.8, 4) is 0 Å². The van der Waals surface area contributed by atoms with Crippen LogP contribution in [-0.4, -0.2) is 80.6 Å². The van der Waals surface area contributed by atoms with E-state index in [1.54, 1.807) is 0 Å². The third-order valence-electron chi connectivity index (χ3n) is 11.6. The van der Waals surface area contributed by atoms with E-state index in [1.807, 2.05) is 21.1 Å². The van der Waals surface area contributed by atoms with Gasteiger partial charge in [0.25, 0.3) is 0 Å². The molecule has 8 nitrogen and oxygen atoms in total. The lowest BCUT2D eigenvalue weighted by atomic mass is 10.0. The summed E-state index contributed by atoms with van der Waals surface area (Å²) in [5.41, 5.74) is 0. The van der Waals surface area contributed by atoms with Gasteiger partial charge in [-0.15, -0.1) is 0 Å². The van der Waals surface area contributed by atoms with Crippen LogP contribution < -0.4 is 0 Å². The predicted molar refractivity (Wildman–Crippen MR) is 257 cm³/mol. The van der Waals surface area contributed by atoms with Gasteiger partial charge in [-0.3, -0.25) is 9.59 Å². The number of hydrogen-bond donors (Lipinski definition) is 1. The van der Waals surface area contributed by atoms with Crippen molar-refractivity contribution >= 4 is 17.9 Å². The molecule has 0 rings (SSSR count). The molecule has 0 aromatic heterocycles. The summed E-state index contributed by atoms with van der Waals surface area (Å²) in [4.78, 5) is 37.1. The standard InChI is InChI=1S/C53H97NO7/c1-6-8-10-12-14-16-18-20-22-24-25-26-28-29-31-33-35-37-39-41-43-51(55)60-48-49(47-59-46-45-50(53(57)58)54(3,4)5)61-52(56)44-42-40-38-36-34-32-30-27-23-21-19-17-15-13-11-9-7-2/h8,10,14,16,20,22,49-50H,6-7,9,11-13,15,17-19,21,23-48H2,1-5H3/p+1/b10-8+,16-14+,22-20+. The minimum absolute atomic E-state index is 0.0495. The van der Waals surface area contributed by atoms with Crippen LogP contribution in [0.15, 0.2) is 36.5 Å². The molecule has 0 fully saturated rings. The molecule has 0 aromatic carbocycles. The zero-order chi connectivity index (χ0) is 44.9. The summed E-state index contributed by atoms with van der Waals surface area (Å²) in [6, 6.07) is -0.613. The average Bonchev–Trinajstić information content (AvgIpc) is 3.22. The molecule has 0 aliphatic heterocycles. The van der Waals surface area contributed by atoms with Gasteiger partial charge in [-0.25, -0.2) is 4.79 Å². The number of nitrogens with zero attached hydrogens (tertiary/aromatic N) is 1. The quantitative estimate of drug-likeness (QED) is 0.0282. The Bertz CT molecular complexity index is 1090. The van der Waals surface area contributed by atoms with E-state index in [0.717, 1.165) is 57.8 Å². The normalized spacial score (nSPS) is 13.1. The first kappa shape index (κ1) is 58.6. The number of hydrogen-bond acceptors (Lipinski definition) is 6. The number of rotatable bonds is 46. The van der Waals surface area contributed by atoms with Gasteiger partial charge in [-0.2, -0.15) is 0 Å². The molecule has 0 bridgehead atoms. The zero-order valence-corrected chi connectivity index (χ0v) is 40.6. The number of quaternary nitrogens is 1. The summed E-state index contributed by atoms with van der Waals surface area (Å²) >= 11 is 0. The average molecular weight is 861 g/mol. The fraction of sp³-hybridized carbons (Fsp3) is 0.830. The van der Waals surface area contributed by atoms with E-state index in [9.17, 15) is 19.5 Å². The van der Waals surface area contributed by atoms with Crippen molar-refractivity contribution in [2.24, 2.45) is 0 Å². The summed E-state index contributed by atoms with van der Waals surface area (Å²) in [6.45, 7) is 4.66. The first-order chi connectivity index (χ1) is 29.6. The number of carbonyl (C=O) groups excluding carboxylic acids is 2. The monoisotopic (exact) mass is 861 g/mol. The molecule has 1 N–H and O–H groups in total. The number of carbonyl (C=O) groups is 3. The smallest absolute Gasteiger partial charge is 0.362 e. The topological polar surface area (TPSA) is 99.1 Å². The summed E-state index contributed by atoms with van der Waals surface area (Å²) in [7, 11) is 5.54. The van der Waals surface area contributed by atoms with Crippen molar-refractivity contribution in [3.05, 3.63) is 36.5 Å². The van der Waals surface area contributed by atoms with Gasteiger partial charge >= 0.3 is 17.9 Å². The Morgan fingerprint density at radius 1 is 0.508 bits per heavy atom. The second kappa shape index (κ2) is 44.2. The molecule has 0 aliphatic rings. The van der Waals surface area contributed by atoms with Gasteiger partial charge in [0.05, 0.1) is 34.4 Å². The summed E-state index contributed by atoms with van der Waals surface area (Å²) in [6.07, 6.45) is 51.9. The van der Waals surface area contributed by atoms with Crippen molar-refractivity contribution in [1.82, 2.24) is 0 Å². The Morgan fingerprint density at radius 2 is 0.918 bits per heavy atom. The molecule has 356 valence electrons. The van der Waals surface area contributed by atoms with Crippen molar-refractivity contribution in [2.45, 2.75) is 244 Å². The van der Waals surface area contributed by atoms with Crippen molar-refractivity contribution < 1.29 is 38.2 Å². The highest BCUT2D eigenvalue weighted by Crippen LogP contribution is 2.16. The number of likely N-dealkylation sites (N-methyl/N-ethyl adjacent to an activating group) is 1. The molecule has 61 heavy (non-hydrogen) atoms. The van der Waals surface area contributed by atoms with Crippen LogP contribution in [0.25, 0.3) is 0 Å². The highest BCUT2D eigenvalue weighted by atomic mass is 16.6. The van der Waals surface area contributed by atoms with Gasteiger partial charge in [0.15, 0.2) is 12.1 Å². The Morgan fingerprint density at radius 3 is 1.36 bits per heavy atom. The Kier molecular flexibility index (Phi) is 42.4. The van der Waals surface area contributed by atoms with Crippen molar-refractivity contribution in [3.63, 3.8) is 0 Å². The van der Waals surface area contributed by atoms with Gasteiger partial charge in [0, 0.05) is 19.3 Å². The molecule has 0 aromatic rings. The fourth-order valence-corrected chi connectivity index (χ4v) is 7.64. The number of carboxylic acids is 1. The maximum absolute atomic E-state index is 12.8. The molecule has 0 heterocycles. The van der Waals surface area contributed by atoms with Crippen LogP contribution in [0.3, 0.4) is 0 Å². The van der Waals surface area contributed by atoms with Crippen LogP contribution in [0, 0.1) is 0 Å². The third kappa shape index (κ3) is 42.6. The lowest BCUT2D eigenvalue weighted by molar-refractivity contribution is -0.887. The Hall–Kier alpha value is -2.45. The second-order valence-corrected chi connectivity index (χ2v) is 18.4. The minimum atomic E-state index is -0.873. The lowest BCUT2D eigenvalue weighted by Crippen LogP contribution is -2.50. The van der Waals surface area contributed by atoms with Crippen molar-refractivity contribution in [1.29, 1.82) is 0 Å². The first-order valence-electron chi connectivity index (χ1n) is 25.5. The van der Waals surface area contributed by atoms with E-state index in [1.165, 1.54) is 141 Å². The predicted octanol–water partition coefficient (Wildman–Crippen LogP) is 14.6. The molecule has 0 aliphatic carbocycles. The highest BCUT2D eigenvalue weighted by molar-refractivity contribution is 5.72. The maximum atomic E-state index is 12.8. The number of aliphatic carboxylic acids is 1. The maximum Gasteiger partial charge on any atom is 0.362 e. The molecule has 2 atom stereocenters. The molecule has 0 saturated carbocycles. The van der Waals surface area contributed by atoms with Crippen LogP contribution in [0.4, 0.5) is 0 Å². The number of allylic oxidation sites excluding steroid dienone is 6. The molecular weight excluding hydrogens is 763 g/mol. The number of unbranched alkanes of at least 4 members (excludes halogenated alkanes) is 26. The second-order valence-electron chi connectivity index (χ2n) is 18.4. The van der Waals surface area contributed by atoms with Gasteiger partial charge < -0.3 is 23.8 Å². The molecule has 0 saturated heterocycles. The van der Waals surface area contributed by atoms with Crippen LogP contribution in [0.2, 0.25) is 0 Å². The van der Waals surface area contributed by atoms with Gasteiger partial charge in [-0.05, 0) is 44.9 Å². The molecule has 0 spiro atoms. The molecule has 8 heteroatoms. The Labute approximate surface area is 376 Å². The minimum Gasteiger partial charge on any atom is -0.477 e. The summed E-state index contributed by atoms with van der Waals surface area (Å²) in [5.74, 6) is -1.46. The van der Waals surface area contributed by atoms with E-state index < -0.39 is 18.1 Å². The first-order valence-corrected chi connectivity index (χ1v) is 25.5. The number of ether oxygens (including phenoxy) is 3. The number of carboxylic acid groups (broad SMARTS) is 1. The molecule has 0 amide bonds. The van der Waals surface area contributed by atoms with E-state index in [0.29, 0.717) is 19.3 Å². The third-order valence-corrected chi connectivity index (χ3v) is 11.6. The van der Waals surface area contributed by atoms with Crippen LogP contribution in [-0.2, 0) is 28.6 Å². The largest absolute Gasteiger partial charge is 0.477 e. The van der Waals surface area contributed by atoms with Crippen LogP contribution >= 0.6 is 0 Å². The van der Waals surface area contributed by atoms with Crippen LogP contribution in [0.1, 0.15) is 232 Å². The molecule has 2 unspecified atom stereocenters. The van der Waals surface area contributed by atoms with E-state index >= 15 is 0 Å².